The van der Waals surface area contributed by atoms with E-state index >= 15 is 0 Å². The zero-order valence-corrected chi connectivity index (χ0v) is 19.3. The summed E-state index contributed by atoms with van der Waals surface area (Å²) in [5, 5.41) is 0.781. The van der Waals surface area contributed by atoms with Gasteiger partial charge in [-0.3, -0.25) is 10.5 Å². The fourth-order valence-electron chi connectivity index (χ4n) is 4.52. The minimum absolute atomic E-state index is 0. The van der Waals surface area contributed by atoms with Crippen LogP contribution in [0.15, 0.2) is 28.7 Å². The van der Waals surface area contributed by atoms with Crippen molar-refractivity contribution in [2.24, 2.45) is 5.41 Å². The van der Waals surface area contributed by atoms with E-state index in [1.54, 1.807) is 11.3 Å². The molecule has 6 heteroatoms. The van der Waals surface area contributed by atoms with E-state index in [4.69, 9.17) is 5.73 Å². The molecule has 1 aromatic heterocycles. The minimum atomic E-state index is 0. The third kappa shape index (κ3) is 4.02. The smallest absolute Gasteiger partial charge is 0.332 e. The van der Waals surface area contributed by atoms with Crippen LogP contribution in [0.2, 0.25) is 0 Å². The fourth-order valence-corrected chi connectivity index (χ4v) is 6.03. The highest BCUT2D eigenvalue weighted by atomic mass is 127. The molecule has 1 saturated carbocycles. The van der Waals surface area contributed by atoms with Crippen molar-refractivity contribution >= 4 is 38.2 Å². The molecule has 1 heterocycles. The van der Waals surface area contributed by atoms with E-state index in [-0.39, 0.29) is 29.8 Å². The van der Waals surface area contributed by atoms with Crippen molar-refractivity contribution in [3.8, 4) is 0 Å². The van der Waals surface area contributed by atoms with E-state index in [0.717, 1.165) is 28.0 Å². The van der Waals surface area contributed by atoms with Crippen molar-refractivity contribution in [2.75, 3.05) is 5.73 Å². The van der Waals surface area contributed by atoms with Gasteiger partial charge in [-0.05, 0) is 43.2 Å². The van der Waals surface area contributed by atoms with Crippen LogP contribution in [-0.4, -0.2) is 5.78 Å². The summed E-state index contributed by atoms with van der Waals surface area (Å²) in [6.07, 6.45) is 10.3. The summed E-state index contributed by atoms with van der Waals surface area (Å²) in [6, 6.07) is 7.58. The Hall–Kier alpha value is -0.470. The molecule has 1 aromatic carbocycles. The van der Waals surface area contributed by atoms with E-state index in [2.05, 4.69) is 20.5 Å². The molecule has 0 unspecified atom stereocenters. The van der Waals surface area contributed by atoms with Crippen LogP contribution >= 0.6 is 27.3 Å². The van der Waals surface area contributed by atoms with Crippen LogP contribution in [0.25, 0.3) is 0 Å². The first-order valence-electron chi connectivity index (χ1n) is 9.15. The van der Waals surface area contributed by atoms with Crippen molar-refractivity contribution in [2.45, 2.75) is 57.9 Å². The number of Topliss-reactive ketones (excluding diaryl/α,β-unsaturated/α-hetero) is 1. The number of nitrogen functional groups attached to an aromatic ring is 1. The van der Waals surface area contributed by atoms with E-state index in [1.807, 2.05) is 24.3 Å². The van der Waals surface area contributed by atoms with Crippen LogP contribution in [0.4, 0.5) is 5.13 Å². The van der Waals surface area contributed by atoms with Gasteiger partial charge in [0, 0.05) is 16.5 Å². The number of carbonyl (C=O) groups excluding carboxylic acids is 1. The Morgan fingerprint density at radius 2 is 1.85 bits per heavy atom. The number of benzene rings is 1. The van der Waals surface area contributed by atoms with Crippen LogP contribution in [0.1, 0.15) is 59.5 Å². The molecule has 0 saturated heterocycles. The van der Waals surface area contributed by atoms with Gasteiger partial charge in [-0.1, -0.05) is 58.7 Å². The summed E-state index contributed by atoms with van der Waals surface area (Å²) in [4.78, 5) is 14.1. The van der Waals surface area contributed by atoms with Gasteiger partial charge in [0.15, 0.2) is 6.54 Å². The monoisotopic (exact) mass is 546 g/mol. The molecule has 4 rings (SSSR count). The molecule has 0 atom stereocenters. The number of halogens is 2. The molecular formula is C20H24BrIN2OS. The summed E-state index contributed by atoms with van der Waals surface area (Å²) >= 11 is 5.12. The summed E-state index contributed by atoms with van der Waals surface area (Å²) in [7, 11) is 0. The predicted octanol–water partition coefficient (Wildman–Crippen LogP) is 1.71. The van der Waals surface area contributed by atoms with Crippen molar-refractivity contribution in [1.29, 1.82) is 0 Å². The molecule has 3 nitrogen and oxygen atoms in total. The lowest BCUT2D eigenvalue weighted by Gasteiger charge is -2.39. The van der Waals surface area contributed by atoms with Crippen LogP contribution in [0.5, 0.6) is 0 Å². The number of aromatic nitrogens is 1. The van der Waals surface area contributed by atoms with Crippen LogP contribution in [0.3, 0.4) is 0 Å². The van der Waals surface area contributed by atoms with Gasteiger partial charge in [-0.2, -0.15) is 0 Å². The highest BCUT2D eigenvalue weighted by Crippen LogP contribution is 2.47. The van der Waals surface area contributed by atoms with E-state index < -0.39 is 0 Å². The first-order valence-corrected chi connectivity index (χ1v) is 10.8. The van der Waals surface area contributed by atoms with Crippen LogP contribution in [0, 0.1) is 5.41 Å². The van der Waals surface area contributed by atoms with Gasteiger partial charge in [-0.15, -0.1) is 0 Å². The second-order valence-electron chi connectivity index (χ2n) is 7.56. The molecule has 0 bridgehead atoms. The summed E-state index contributed by atoms with van der Waals surface area (Å²) < 4.78 is 3.06. The number of hydrogen-bond acceptors (Lipinski definition) is 3. The second kappa shape index (κ2) is 8.27. The quantitative estimate of drug-likeness (QED) is 0.362. The van der Waals surface area contributed by atoms with Crippen molar-refractivity contribution < 1.29 is 33.3 Å². The van der Waals surface area contributed by atoms with Gasteiger partial charge in [0.05, 0.1) is 4.88 Å². The molecule has 2 aliphatic rings. The molecule has 0 radical (unpaired) electrons. The zero-order chi connectivity index (χ0) is 17.4. The normalized spacial score (nSPS) is 18.2. The number of nitrogens with two attached hydrogens (primary N) is 1. The maximum atomic E-state index is 12.7. The Labute approximate surface area is 184 Å². The maximum Gasteiger partial charge on any atom is 0.332 e. The molecule has 2 aliphatic carbocycles. The van der Waals surface area contributed by atoms with Crippen molar-refractivity contribution in [1.82, 2.24) is 0 Å². The number of nitrogens with zero attached hydrogens (tertiary/aromatic N) is 1. The third-order valence-electron chi connectivity index (χ3n) is 5.95. The number of anilines is 1. The largest absolute Gasteiger partial charge is 1.00 e. The highest BCUT2D eigenvalue weighted by molar-refractivity contribution is 9.10. The number of thiazole rings is 1. The maximum absolute atomic E-state index is 12.7. The topological polar surface area (TPSA) is 47.0 Å². The lowest BCUT2D eigenvalue weighted by molar-refractivity contribution is -0.672. The fraction of sp³-hybridized carbons (Fsp3) is 0.500. The number of ketones is 1. The Balaban J connectivity index is 0.00000196. The summed E-state index contributed by atoms with van der Waals surface area (Å²) in [6.45, 7) is 0.353. The number of fused-ring (bicyclic) bond motifs is 1. The molecule has 2 N–H and O–H groups in total. The standard InChI is InChI=1S/C20H23BrN2OS.HI/c21-15-6-4-14(5-7-15)17(24)13-23-16-8-11-20(9-2-1-3-10-20)12-18(16)25-19(23)22;/h4-7,22H,1-3,8-13H2;1H. The SMILES string of the molecule is Nc1sc2c([n+]1CC(=O)c1ccc(Br)cc1)CCC1(CCCCC1)C2.[I-]. The Morgan fingerprint density at radius 3 is 2.54 bits per heavy atom. The molecule has 26 heavy (non-hydrogen) atoms. The van der Waals surface area contributed by atoms with Gasteiger partial charge >= 0.3 is 5.13 Å². The average Bonchev–Trinajstić information content (AvgIpc) is 2.90. The molecule has 0 amide bonds. The molecule has 0 aliphatic heterocycles. The molecule has 1 spiro atoms. The summed E-state index contributed by atoms with van der Waals surface area (Å²) in [5.41, 5.74) is 8.88. The molecular weight excluding hydrogens is 523 g/mol. The van der Waals surface area contributed by atoms with Gasteiger partial charge in [-0.25, -0.2) is 4.57 Å². The van der Waals surface area contributed by atoms with Crippen LogP contribution < -0.4 is 34.3 Å². The minimum Gasteiger partial charge on any atom is -1.00 e. The zero-order valence-electron chi connectivity index (χ0n) is 14.8. The van der Waals surface area contributed by atoms with Gasteiger partial charge in [0.25, 0.3) is 0 Å². The Kier molecular flexibility index (Phi) is 6.45. The van der Waals surface area contributed by atoms with Crippen molar-refractivity contribution in [3.05, 3.63) is 44.9 Å². The molecule has 1 fully saturated rings. The van der Waals surface area contributed by atoms with Crippen LogP contribution in [-0.2, 0) is 19.4 Å². The Morgan fingerprint density at radius 1 is 1.15 bits per heavy atom. The molecule has 140 valence electrons. The van der Waals surface area contributed by atoms with Gasteiger partial charge in [0.1, 0.15) is 5.69 Å². The third-order valence-corrected chi connectivity index (χ3v) is 7.54. The Bertz CT molecular complexity index is 797. The van der Waals surface area contributed by atoms with E-state index in [0.29, 0.717) is 12.0 Å². The average molecular weight is 547 g/mol. The number of carbonyl (C=O) groups is 1. The lowest BCUT2D eigenvalue weighted by Crippen LogP contribution is -3.00. The number of rotatable bonds is 3. The lowest BCUT2D eigenvalue weighted by atomic mass is 9.66. The van der Waals surface area contributed by atoms with E-state index in [1.165, 1.54) is 49.1 Å². The number of hydrogen-bond donors (Lipinski definition) is 1. The van der Waals surface area contributed by atoms with Gasteiger partial charge in [0.2, 0.25) is 5.78 Å². The first kappa shape index (κ1) is 20.3. The highest BCUT2D eigenvalue weighted by Gasteiger charge is 2.39. The first-order chi connectivity index (χ1) is 12.1. The predicted molar refractivity (Wildman–Crippen MR) is 105 cm³/mol. The second-order valence-corrected chi connectivity index (χ2v) is 9.59. The molecule has 2 aromatic rings. The van der Waals surface area contributed by atoms with E-state index in [9.17, 15) is 4.79 Å². The summed E-state index contributed by atoms with van der Waals surface area (Å²) in [5.74, 6) is 0.128. The van der Waals surface area contributed by atoms with Gasteiger partial charge < -0.3 is 24.0 Å². The van der Waals surface area contributed by atoms with Crippen molar-refractivity contribution in [3.63, 3.8) is 0 Å².